The largest absolute Gasteiger partial charge is 0.369 e. The summed E-state index contributed by atoms with van der Waals surface area (Å²) in [5, 5.41) is 0.691. The number of H-pyrrole nitrogens is 1. The standard InChI is InChI=1S/C17H21FN4O2/c1-10-13-7-12(18)3-4-14(13)20-15(10)17(24)22-6-5-21(2)8-11(9-22)16(19)23/h3-4,7,11,20H,5-6,8-9H2,1-2H3,(H2,19,23). The van der Waals surface area contributed by atoms with Gasteiger partial charge in [0.25, 0.3) is 5.91 Å². The molecule has 3 rings (SSSR count). The molecule has 1 aliphatic heterocycles. The van der Waals surface area contributed by atoms with Crippen molar-refractivity contribution in [3.8, 4) is 0 Å². The summed E-state index contributed by atoms with van der Waals surface area (Å²) in [6.07, 6.45) is 0. The Morgan fingerprint density at radius 3 is 2.75 bits per heavy atom. The quantitative estimate of drug-likeness (QED) is 0.864. The summed E-state index contributed by atoms with van der Waals surface area (Å²) >= 11 is 0. The van der Waals surface area contributed by atoms with Crippen molar-refractivity contribution in [3.63, 3.8) is 0 Å². The highest BCUT2D eigenvalue weighted by Gasteiger charge is 2.29. The summed E-state index contributed by atoms with van der Waals surface area (Å²) in [5.74, 6) is -1.33. The Labute approximate surface area is 139 Å². The average Bonchev–Trinajstić information content (AvgIpc) is 2.73. The Balaban J connectivity index is 1.93. The number of primary amides is 1. The number of nitrogens with zero attached hydrogens (tertiary/aromatic N) is 2. The molecule has 1 unspecified atom stereocenters. The second-order valence-electron chi connectivity index (χ2n) is 6.43. The van der Waals surface area contributed by atoms with Gasteiger partial charge in [0.1, 0.15) is 11.5 Å². The molecule has 0 radical (unpaired) electrons. The maximum Gasteiger partial charge on any atom is 0.270 e. The lowest BCUT2D eigenvalue weighted by molar-refractivity contribution is -0.122. The molecule has 2 heterocycles. The monoisotopic (exact) mass is 332 g/mol. The van der Waals surface area contributed by atoms with Crippen molar-refractivity contribution in [2.24, 2.45) is 11.7 Å². The maximum absolute atomic E-state index is 13.5. The number of likely N-dealkylation sites (N-methyl/N-ethyl adjacent to an activating group) is 1. The fraction of sp³-hybridized carbons (Fsp3) is 0.412. The molecule has 1 fully saturated rings. The van der Waals surface area contributed by atoms with Crippen molar-refractivity contribution in [1.29, 1.82) is 0 Å². The number of nitrogens with one attached hydrogen (secondary N) is 1. The normalized spacial score (nSPS) is 19.5. The Hall–Kier alpha value is -2.41. The van der Waals surface area contributed by atoms with E-state index in [1.165, 1.54) is 12.1 Å². The first kappa shape index (κ1) is 16.4. The van der Waals surface area contributed by atoms with Crippen LogP contribution >= 0.6 is 0 Å². The summed E-state index contributed by atoms with van der Waals surface area (Å²) in [7, 11) is 1.90. The van der Waals surface area contributed by atoms with Crippen molar-refractivity contribution in [3.05, 3.63) is 35.3 Å². The Morgan fingerprint density at radius 2 is 2.04 bits per heavy atom. The number of fused-ring (bicyclic) bond motifs is 1. The van der Waals surface area contributed by atoms with E-state index in [0.717, 1.165) is 5.52 Å². The molecule has 0 bridgehead atoms. The Bertz CT molecular complexity index is 801. The first-order valence-electron chi connectivity index (χ1n) is 7.91. The van der Waals surface area contributed by atoms with E-state index in [4.69, 9.17) is 5.73 Å². The molecule has 0 saturated carbocycles. The second-order valence-corrected chi connectivity index (χ2v) is 6.43. The third-order valence-electron chi connectivity index (χ3n) is 4.65. The summed E-state index contributed by atoms with van der Waals surface area (Å²) in [6, 6.07) is 4.40. The molecule has 0 spiro atoms. The SMILES string of the molecule is Cc1c(C(=O)N2CCN(C)CC(C(N)=O)C2)[nH]c2ccc(F)cc12. The van der Waals surface area contributed by atoms with Crippen molar-refractivity contribution in [1.82, 2.24) is 14.8 Å². The molecule has 1 atom stereocenters. The molecule has 0 aliphatic carbocycles. The van der Waals surface area contributed by atoms with Crippen LogP contribution in [-0.2, 0) is 4.79 Å². The molecule has 1 aromatic carbocycles. The summed E-state index contributed by atoms with van der Waals surface area (Å²) < 4.78 is 13.5. The third kappa shape index (κ3) is 2.99. The second kappa shape index (κ2) is 6.24. The van der Waals surface area contributed by atoms with Gasteiger partial charge in [0.2, 0.25) is 5.91 Å². The summed E-state index contributed by atoms with van der Waals surface area (Å²) in [5.41, 5.74) is 7.32. The molecule has 128 valence electrons. The lowest BCUT2D eigenvalue weighted by Gasteiger charge is -2.22. The molecule has 1 aliphatic rings. The van der Waals surface area contributed by atoms with Crippen LogP contribution in [0.3, 0.4) is 0 Å². The van der Waals surface area contributed by atoms with Crippen molar-refractivity contribution >= 4 is 22.7 Å². The van der Waals surface area contributed by atoms with E-state index in [-0.39, 0.29) is 11.7 Å². The fourth-order valence-electron chi connectivity index (χ4n) is 3.21. The van der Waals surface area contributed by atoms with Crippen molar-refractivity contribution < 1.29 is 14.0 Å². The van der Waals surface area contributed by atoms with Crippen LogP contribution < -0.4 is 5.73 Å². The van der Waals surface area contributed by atoms with Gasteiger partial charge in [-0.25, -0.2) is 4.39 Å². The molecule has 1 saturated heterocycles. The lowest BCUT2D eigenvalue weighted by Crippen LogP contribution is -2.40. The third-order valence-corrected chi connectivity index (χ3v) is 4.65. The van der Waals surface area contributed by atoms with Crippen LogP contribution in [0, 0.1) is 18.7 Å². The van der Waals surface area contributed by atoms with Gasteiger partial charge < -0.3 is 20.5 Å². The van der Waals surface area contributed by atoms with Crippen LogP contribution in [0.1, 0.15) is 16.1 Å². The van der Waals surface area contributed by atoms with Crippen LogP contribution in [0.15, 0.2) is 18.2 Å². The topological polar surface area (TPSA) is 82.4 Å². The summed E-state index contributed by atoms with van der Waals surface area (Å²) in [6.45, 7) is 3.81. The van der Waals surface area contributed by atoms with Gasteiger partial charge in [0, 0.05) is 37.1 Å². The number of hydrogen-bond acceptors (Lipinski definition) is 3. The number of aromatic amines is 1. The van der Waals surface area contributed by atoms with Crippen LogP contribution in [0.2, 0.25) is 0 Å². The number of hydrogen-bond donors (Lipinski definition) is 2. The highest BCUT2D eigenvalue weighted by atomic mass is 19.1. The summed E-state index contributed by atoms with van der Waals surface area (Å²) in [4.78, 5) is 31.3. The average molecular weight is 332 g/mol. The van der Waals surface area contributed by atoms with Crippen molar-refractivity contribution in [2.75, 3.05) is 33.2 Å². The molecule has 2 amide bonds. The number of aromatic nitrogens is 1. The number of benzene rings is 1. The molecule has 3 N–H and O–H groups in total. The van der Waals surface area contributed by atoms with Gasteiger partial charge in [-0.1, -0.05) is 0 Å². The Kier molecular flexibility index (Phi) is 4.28. The van der Waals surface area contributed by atoms with Gasteiger partial charge in [0.05, 0.1) is 5.92 Å². The number of amides is 2. The van der Waals surface area contributed by atoms with E-state index < -0.39 is 11.8 Å². The van der Waals surface area contributed by atoms with E-state index in [1.54, 1.807) is 17.9 Å². The smallest absolute Gasteiger partial charge is 0.270 e. The minimum atomic E-state index is -0.406. The van der Waals surface area contributed by atoms with E-state index in [2.05, 4.69) is 4.98 Å². The zero-order valence-corrected chi connectivity index (χ0v) is 13.8. The first-order valence-corrected chi connectivity index (χ1v) is 7.91. The number of carbonyl (C=O) groups excluding carboxylic acids is 2. The first-order chi connectivity index (χ1) is 11.4. The van der Waals surface area contributed by atoms with Crippen LogP contribution in [-0.4, -0.2) is 59.8 Å². The van der Waals surface area contributed by atoms with Gasteiger partial charge in [-0.15, -0.1) is 0 Å². The molecule has 7 heteroatoms. The maximum atomic E-state index is 13.5. The fourth-order valence-corrected chi connectivity index (χ4v) is 3.21. The number of rotatable bonds is 2. The van der Waals surface area contributed by atoms with Crippen LogP contribution in [0.25, 0.3) is 10.9 Å². The predicted molar refractivity (Wildman–Crippen MR) is 89.1 cm³/mol. The number of carbonyl (C=O) groups is 2. The van der Waals surface area contributed by atoms with Crippen molar-refractivity contribution in [2.45, 2.75) is 6.92 Å². The van der Waals surface area contributed by atoms with E-state index in [0.29, 0.717) is 42.8 Å². The van der Waals surface area contributed by atoms with Gasteiger partial charge >= 0.3 is 0 Å². The predicted octanol–water partition coefficient (Wildman–Crippen LogP) is 1.10. The number of nitrogens with two attached hydrogens (primary N) is 1. The van der Waals surface area contributed by atoms with Gasteiger partial charge in [-0.2, -0.15) is 0 Å². The highest BCUT2D eigenvalue weighted by molar-refractivity contribution is 6.01. The molecule has 6 nitrogen and oxygen atoms in total. The van der Waals surface area contributed by atoms with Crippen LogP contribution in [0.4, 0.5) is 4.39 Å². The van der Waals surface area contributed by atoms with E-state index in [9.17, 15) is 14.0 Å². The lowest BCUT2D eigenvalue weighted by atomic mass is 10.1. The molecule has 1 aromatic heterocycles. The minimum Gasteiger partial charge on any atom is -0.369 e. The molecule has 24 heavy (non-hydrogen) atoms. The molecule has 2 aromatic rings. The van der Waals surface area contributed by atoms with Gasteiger partial charge in [0.15, 0.2) is 0 Å². The van der Waals surface area contributed by atoms with Gasteiger partial charge in [-0.3, -0.25) is 9.59 Å². The number of halogens is 1. The van der Waals surface area contributed by atoms with E-state index >= 15 is 0 Å². The zero-order chi connectivity index (χ0) is 17.4. The minimum absolute atomic E-state index is 0.189. The van der Waals surface area contributed by atoms with Gasteiger partial charge in [-0.05, 0) is 37.7 Å². The highest BCUT2D eigenvalue weighted by Crippen LogP contribution is 2.24. The Morgan fingerprint density at radius 1 is 1.29 bits per heavy atom. The molecular formula is C17H21FN4O2. The van der Waals surface area contributed by atoms with E-state index in [1.807, 2.05) is 11.9 Å². The zero-order valence-electron chi connectivity index (χ0n) is 13.8. The number of aryl methyl sites for hydroxylation is 1. The molecular weight excluding hydrogens is 311 g/mol. The van der Waals surface area contributed by atoms with Crippen LogP contribution in [0.5, 0.6) is 0 Å².